The summed E-state index contributed by atoms with van der Waals surface area (Å²) in [4.78, 5) is 15.1. The van der Waals surface area contributed by atoms with Crippen molar-refractivity contribution in [3.63, 3.8) is 0 Å². The van der Waals surface area contributed by atoms with Gasteiger partial charge in [0.15, 0.2) is 5.69 Å². The highest BCUT2D eigenvalue weighted by molar-refractivity contribution is 5.94. The summed E-state index contributed by atoms with van der Waals surface area (Å²) < 4.78 is 5.44. The first kappa shape index (κ1) is 17.3. The van der Waals surface area contributed by atoms with Gasteiger partial charge < -0.3 is 9.84 Å². The van der Waals surface area contributed by atoms with Crippen LogP contribution in [0.25, 0.3) is 0 Å². The predicted molar refractivity (Wildman–Crippen MR) is 100.0 cm³/mol. The van der Waals surface area contributed by atoms with Gasteiger partial charge in [-0.3, -0.25) is 9.69 Å². The standard InChI is InChI=1S/C21H27N3O2/c25-21(20-18-9-5-2-6-10-19(18)26-23-20)22-17-11-13-24(14-12-17)15-16-7-3-1-4-8-16/h1,3-4,7-8,17H,2,5-6,9-15H2,(H,22,25). The Hall–Kier alpha value is -2.14. The number of hydrogen-bond acceptors (Lipinski definition) is 4. The Morgan fingerprint density at radius 2 is 1.88 bits per heavy atom. The largest absolute Gasteiger partial charge is 0.360 e. The van der Waals surface area contributed by atoms with E-state index in [4.69, 9.17) is 4.52 Å². The summed E-state index contributed by atoms with van der Waals surface area (Å²) in [5, 5.41) is 7.27. The zero-order valence-corrected chi connectivity index (χ0v) is 15.2. The van der Waals surface area contributed by atoms with Crippen molar-refractivity contribution in [2.24, 2.45) is 0 Å². The summed E-state index contributed by atoms with van der Waals surface area (Å²) in [7, 11) is 0. The Balaban J connectivity index is 1.30. The lowest BCUT2D eigenvalue weighted by Crippen LogP contribution is -2.44. The van der Waals surface area contributed by atoms with Crippen molar-refractivity contribution >= 4 is 5.91 Å². The lowest BCUT2D eigenvalue weighted by Gasteiger charge is -2.32. The van der Waals surface area contributed by atoms with E-state index >= 15 is 0 Å². The van der Waals surface area contributed by atoms with E-state index in [2.05, 4.69) is 45.7 Å². The summed E-state index contributed by atoms with van der Waals surface area (Å²) in [5.41, 5.74) is 2.91. The van der Waals surface area contributed by atoms with Gasteiger partial charge in [-0.05, 0) is 37.7 Å². The molecule has 1 saturated heterocycles. The molecule has 2 aliphatic rings. The molecule has 0 bridgehead atoms. The topological polar surface area (TPSA) is 58.4 Å². The first-order valence-corrected chi connectivity index (χ1v) is 9.84. The summed E-state index contributed by atoms with van der Waals surface area (Å²) in [6.07, 6.45) is 7.24. The number of nitrogens with one attached hydrogen (secondary N) is 1. The minimum Gasteiger partial charge on any atom is -0.360 e. The number of rotatable bonds is 4. The molecule has 26 heavy (non-hydrogen) atoms. The number of carbonyl (C=O) groups excluding carboxylic acids is 1. The fraction of sp³-hybridized carbons (Fsp3) is 0.524. The van der Waals surface area contributed by atoms with Crippen LogP contribution in [0.3, 0.4) is 0 Å². The molecule has 2 heterocycles. The first-order valence-electron chi connectivity index (χ1n) is 9.84. The van der Waals surface area contributed by atoms with Gasteiger partial charge in [-0.15, -0.1) is 0 Å². The molecule has 5 heteroatoms. The Bertz CT molecular complexity index is 733. The predicted octanol–water partition coefficient (Wildman–Crippen LogP) is 3.34. The van der Waals surface area contributed by atoms with Crippen LogP contribution in [-0.4, -0.2) is 35.1 Å². The number of aryl methyl sites for hydroxylation is 1. The number of carbonyl (C=O) groups is 1. The SMILES string of the molecule is O=C(NC1CCN(Cc2ccccc2)CC1)c1noc2c1CCCCC2. The van der Waals surface area contributed by atoms with Gasteiger partial charge in [-0.25, -0.2) is 0 Å². The molecule has 1 aromatic carbocycles. The van der Waals surface area contributed by atoms with Gasteiger partial charge in [-0.1, -0.05) is 41.9 Å². The normalized spacial score (nSPS) is 18.9. The molecule has 2 aromatic rings. The number of amides is 1. The number of likely N-dealkylation sites (tertiary alicyclic amines) is 1. The van der Waals surface area contributed by atoms with Crippen LogP contribution in [0, 0.1) is 0 Å². The smallest absolute Gasteiger partial charge is 0.273 e. The molecule has 0 spiro atoms. The van der Waals surface area contributed by atoms with Crippen molar-refractivity contribution in [2.45, 2.75) is 57.5 Å². The average molecular weight is 353 g/mol. The lowest BCUT2D eigenvalue weighted by molar-refractivity contribution is 0.0899. The van der Waals surface area contributed by atoms with Gasteiger partial charge in [0.05, 0.1) is 0 Å². The van der Waals surface area contributed by atoms with Crippen LogP contribution in [0.1, 0.15) is 59.5 Å². The second kappa shape index (κ2) is 8.04. The third-order valence-electron chi connectivity index (χ3n) is 5.59. The van der Waals surface area contributed by atoms with Crippen molar-refractivity contribution in [1.29, 1.82) is 0 Å². The van der Waals surface area contributed by atoms with E-state index in [-0.39, 0.29) is 11.9 Å². The Morgan fingerprint density at radius 1 is 1.12 bits per heavy atom. The van der Waals surface area contributed by atoms with Gasteiger partial charge in [0.2, 0.25) is 0 Å². The van der Waals surface area contributed by atoms with Gasteiger partial charge >= 0.3 is 0 Å². The molecule has 138 valence electrons. The van der Waals surface area contributed by atoms with Gasteiger partial charge in [0, 0.05) is 37.7 Å². The van der Waals surface area contributed by atoms with Gasteiger partial charge in [0.25, 0.3) is 5.91 Å². The Morgan fingerprint density at radius 3 is 2.69 bits per heavy atom. The van der Waals surface area contributed by atoms with Gasteiger partial charge in [-0.2, -0.15) is 0 Å². The minimum atomic E-state index is -0.0570. The molecule has 0 saturated carbocycles. The first-order chi connectivity index (χ1) is 12.8. The maximum absolute atomic E-state index is 12.7. The van der Waals surface area contributed by atoms with Crippen LogP contribution < -0.4 is 5.32 Å². The second-order valence-corrected chi connectivity index (χ2v) is 7.50. The summed E-state index contributed by atoms with van der Waals surface area (Å²) >= 11 is 0. The molecule has 5 nitrogen and oxygen atoms in total. The van der Waals surface area contributed by atoms with Crippen LogP contribution in [0.5, 0.6) is 0 Å². The molecule has 4 rings (SSSR count). The van der Waals surface area contributed by atoms with Crippen LogP contribution >= 0.6 is 0 Å². The van der Waals surface area contributed by atoms with E-state index in [9.17, 15) is 4.79 Å². The van der Waals surface area contributed by atoms with E-state index in [1.54, 1.807) is 0 Å². The fourth-order valence-electron chi connectivity index (χ4n) is 4.07. The zero-order chi connectivity index (χ0) is 17.8. The van der Waals surface area contributed by atoms with E-state index < -0.39 is 0 Å². The number of piperidine rings is 1. The van der Waals surface area contributed by atoms with Crippen molar-refractivity contribution in [2.75, 3.05) is 13.1 Å². The monoisotopic (exact) mass is 353 g/mol. The summed E-state index contributed by atoms with van der Waals surface area (Å²) in [6, 6.07) is 10.8. The third kappa shape index (κ3) is 3.98. The van der Waals surface area contributed by atoms with Crippen molar-refractivity contribution < 1.29 is 9.32 Å². The second-order valence-electron chi connectivity index (χ2n) is 7.50. The molecular formula is C21H27N3O2. The van der Waals surface area contributed by atoms with Crippen LogP contribution in [0.15, 0.2) is 34.9 Å². The van der Waals surface area contributed by atoms with Gasteiger partial charge in [0.1, 0.15) is 5.76 Å². The molecule has 0 atom stereocenters. The van der Waals surface area contributed by atoms with Crippen molar-refractivity contribution in [3.8, 4) is 0 Å². The maximum atomic E-state index is 12.7. The van der Waals surface area contributed by atoms with E-state index in [1.165, 1.54) is 12.0 Å². The zero-order valence-electron chi connectivity index (χ0n) is 15.2. The highest BCUT2D eigenvalue weighted by Crippen LogP contribution is 2.24. The average Bonchev–Trinajstić information content (AvgIpc) is 2.93. The van der Waals surface area contributed by atoms with Crippen LogP contribution in [-0.2, 0) is 19.4 Å². The molecule has 1 fully saturated rings. The highest BCUT2D eigenvalue weighted by atomic mass is 16.5. The molecular weight excluding hydrogens is 326 g/mol. The van der Waals surface area contributed by atoms with E-state index in [0.29, 0.717) is 5.69 Å². The molecule has 1 aromatic heterocycles. The summed E-state index contributed by atoms with van der Waals surface area (Å²) in [6.45, 7) is 3.01. The maximum Gasteiger partial charge on any atom is 0.273 e. The number of aromatic nitrogens is 1. The quantitative estimate of drug-likeness (QED) is 0.857. The van der Waals surface area contributed by atoms with Crippen LogP contribution in [0.4, 0.5) is 0 Å². The molecule has 1 N–H and O–H groups in total. The molecule has 1 aliphatic carbocycles. The number of nitrogens with zero attached hydrogens (tertiary/aromatic N) is 2. The molecule has 0 radical (unpaired) electrons. The Labute approximate surface area is 154 Å². The molecule has 1 amide bonds. The fourth-order valence-corrected chi connectivity index (χ4v) is 4.07. The number of fused-ring (bicyclic) bond motifs is 1. The minimum absolute atomic E-state index is 0.0570. The Kier molecular flexibility index (Phi) is 5.34. The van der Waals surface area contributed by atoms with Crippen molar-refractivity contribution in [3.05, 3.63) is 52.9 Å². The van der Waals surface area contributed by atoms with Crippen molar-refractivity contribution in [1.82, 2.24) is 15.4 Å². The molecule has 1 aliphatic heterocycles. The molecule has 0 unspecified atom stereocenters. The number of hydrogen-bond donors (Lipinski definition) is 1. The third-order valence-corrected chi connectivity index (χ3v) is 5.59. The highest BCUT2D eigenvalue weighted by Gasteiger charge is 2.26. The van der Waals surface area contributed by atoms with Crippen LogP contribution in [0.2, 0.25) is 0 Å². The summed E-state index contributed by atoms with van der Waals surface area (Å²) in [5.74, 6) is 0.865. The van der Waals surface area contributed by atoms with E-state index in [0.717, 1.165) is 69.5 Å². The number of benzene rings is 1. The lowest BCUT2D eigenvalue weighted by atomic mass is 10.0. The van der Waals surface area contributed by atoms with E-state index in [1.807, 2.05) is 0 Å².